The van der Waals surface area contributed by atoms with Gasteiger partial charge in [-0.2, -0.15) is 0 Å². The first-order valence-corrected chi connectivity index (χ1v) is 7.47. The molecule has 0 bridgehead atoms. The second-order valence-electron chi connectivity index (χ2n) is 3.42. The van der Waals surface area contributed by atoms with E-state index in [1.54, 1.807) is 24.3 Å². The van der Waals surface area contributed by atoms with Gasteiger partial charge in [0.2, 0.25) is 0 Å². The van der Waals surface area contributed by atoms with E-state index in [2.05, 4.69) is 0 Å². The topological polar surface area (TPSA) is 17.1 Å². The Morgan fingerprint density at radius 1 is 0.778 bits per heavy atom. The van der Waals surface area contributed by atoms with Crippen LogP contribution in [0.15, 0.2) is 46.2 Å². The van der Waals surface area contributed by atoms with Crippen molar-refractivity contribution in [2.24, 2.45) is 0 Å². The maximum absolute atomic E-state index is 12.3. The molecule has 1 nitrogen and oxygen atoms in total. The van der Waals surface area contributed by atoms with E-state index < -0.39 is 10.8 Å². The molecule has 0 aliphatic rings. The zero-order valence-electron chi connectivity index (χ0n) is 8.79. The van der Waals surface area contributed by atoms with Gasteiger partial charge in [-0.05, 0) is 36.4 Å². The predicted octanol–water partition coefficient (Wildman–Crippen LogP) is 5.47. The van der Waals surface area contributed by atoms with Gasteiger partial charge in [-0.1, -0.05) is 46.4 Å². The minimum atomic E-state index is -1.42. The molecule has 0 fully saturated rings. The fourth-order valence-electron chi connectivity index (χ4n) is 1.33. The molecule has 0 radical (unpaired) electrons. The smallest absolute Gasteiger partial charge is 0.0865 e. The van der Waals surface area contributed by atoms with Gasteiger partial charge in [0.1, 0.15) is 0 Å². The number of rotatable bonds is 2. The van der Waals surface area contributed by atoms with Gasteiger partial charge in [-0.15, -0.1) is 0 Å². The second kappa shape index (κ2) is 5.81. The van der Waals surface area contributed by atoms with E-state index in [4.69, 9.17) is 46.4 Å². The number of halogens is 4. The monoisotopic (exact) mass is 338 g/mol. The molecule has 1 atom stereocenters. The summed E-state index contributed by atoms with van der Waals surface area (Å²) >= 11 is 23.5. The van der Waals surface area contributed by atoms with Crippen LogP contribution >= 0.6 is 46.4 Å². The first kappa shape index (κ1) is 14.2. The van der Waals surface area contributed by atoms with E-state index in [1.807, 2.05) is 0 Å². The molecule has 1 unspecified atom stereocenters. The van der Waals surface area contributed by atoms with E-state index in [1.165, 1.54) is 12.1 Å². The highest BCUT2D eigenvalue weighted by molar-refractivity contribution is 7.85. The molecule has 2 rings (SSSR count). The lowest BCUT2D eigenvalue weighted by molar-refractivity contribution is 0.683. The van der Waals surface area contributed by atoms with E-state index in [9.17, 15) is 4.21 Å². The first-order valence-electron chi connectivity index (χ1n) is 4.81. The van der Waals surface area contributed by atoms with Gasteiger partial charge in [0.05, 0.1) is 30.8 Å². The highest BCUT2D eigenvalue weighted by Gasteiger charge is 2.14. The highest BCUT2D eigenvalue weighted by Crippen LogP contribution is 2.32. The number of benzene rings is 2. The molecular weight excluding hydrogens is 334 g/mol. The third kappa shape index (κ3) is 3.01. The maximum Gasteiger partial charge on any atom is 0.0865 e. The molecule has 0 spiro atoms. The van der Waals surface area contributed by atoms with Crippen molar-refractivity contribution in [1.82, 2.24) is 0 Å². The van der Waals surface area contributed by atoms with Crippen LogP contribution in [0, 0.1) is 0 Å². The van der Waals surface area contributed by atoms with Crippen molar-refractivity contribution in [3.63, 3.8) is 0 Å². The Bertz CT molecular complexity index is 610. The molecule has 94 valence electrons. The summed E-state index contributed by atoms with van der Waals surface area (Å²) in [4.78, 5) is 1.02. The Morgan fingerprint density at radius 2 is 1.33 bits per heavy atom. The number of hydrogen-bond donors (Lipinski definition) is 0. The molecule has 0 aromatic heterocycles. The zero-order chi connectivity index (χ0) is 13.3. The van der Waals surface area contributed by atoms with Crippen molar-refractivity contribution in [1.29, 1.82) is 0 Å². The summed E-state index contributed by atoms with van der Waals surface area (Å²) in [6, 6.07) is 9.68. The Kier molecular flexibility index (Phi) is 4.57. The van der Waals surface area contributed by atoms with E-state index in [-0.39, 0.29) is 0 Å². The van der Waals surface area contributed by atoms with E-state index in [0.717, 1.165) is 0 Å². The van der Waals surface area contributed by atoms with Crippen LogP contribution in [-0.4, -0.2) is 4.21 Å². The molecule has 0 saturated heterocycles. The van der Waals surface area contributed by atoms with Gasteiger partial charge in [0, 0.05) is 9.92 Å². The largest absolute Gasteiger partial charge is 0.249 e. The van der Waals surface area contributed by atoms with Crippen molar-refractivity contribution in [2.75, 3.05) is 0 Å². The molecule has 0 saturated carbocycles. The van der Waals surface area contributed by atoms with Crippen LogP contribution in [0.2, 0.25) is 20.1 Å². The van der Waals surface area contributed by atoms with Gasteiger partial charge in [-0.3, -0.25) is 0 Å². The Hall–Kier alpha value is -0.250. The fraction of sp³-hybridized carbons (Fsp3) is 0. The predicted molar refractivity (Wildman–Crippen MR) is 77.6 cm³/mol. The molecule has 0 N–H and O–H groups in total. The molecule has 6 heteroatoms. The molecular formula is C12H6Cl4OS. The van der Waals surface area contributed by atoms with Gasteiger partial charge in [0.15, 0.2) is 0 Å². The van der Waals surface area contributed by atoms with Crippen molar-refractivity contribution in [2.45, 2.75) is 9.79 Å². The van der Waals surface area contributed by atoms with Crippen LogP contribution in [0.4, 0.5) is 0 Å². The number of hydrogen-bond acceptors (Lipinski definition) is 1. The lowest BCUT2D eigenvalue weighted by Gasteiger charge is -2.06. The summed E-state index contributed by atoms with van der Waals surface area (Å²) in [5, 5.41) is 1.55. The summed E-state index contributed by atoms with van der Waals surface area (Å²) in [6.45, 7) is 0. The molecule has 2 aromatic rings. The second-order valence-corrected chi connectivity index (χ2v) is 6.53. The summed E-state index contributed by atoms with van der Waals surface area (Å²) in [5.41, 5.74) is 0. The van der Waals surface area contributed by atoms with Crippen LogP contribution in [0.3, 0.4) is 0 Å². The fourth-order valence-corrected chi connectivity index (χ4v) is 3.38. The van der Waals surface area contributed by atoms with E-state index >= 15 is 0 Å². The molecule has 2 aromatic carbocycles. The molecule has 0 amide bonds. The minimum absolute atomic E-state index is 0.317. The Balaban J connectivity index is 2.46. The third-order valence-corrected chi connectivity index (χ3v) is 5.04. The van der Waals surface area contributed by atoms with Crippen LogP contribution in [0.5, 0.6) is 0 Å². The van der Waals surface area contributed by atoms with Crippen LogP contribution in [-0.2, 0) is 10.8 Å². The van der Waals surface area contributed by atoms with Crippen molar-refractivity contribution >= 4 is 57.2 Å². The average molecular weight is 340 g/mol. The first-order chi connectivity index (χ1) is 8.49. The SMILES string of the molecule is O=S(c1ccc(Cl)cc1)c1cc(Cl)c(Cl)cc1Cl. The molecule has 18 heavy (non-hydrogen) atoms. The zero-order valence-corrected chi connectivity index (χ0v) is 12.6. The normalized spacial score (nSPS) is 12.4. The average Bonchev–Trinajstić information content (AvgIpc) is 2.34. The van der Waals surface area contributed by atoms with Gasteiger partial charge in [0.25, 0.3) is 0 Å². The van der Waals surface area contributed by atoms with Crippen molar-refractivity contribution in [3.8, 4) is 0 Å². The molecule has 0 heterocycles. The van der Waals surface area contributed by atoms with Gasteiger partial charge >= 0.3 is 0 Å². The standard InChI is InChI=1S/C12H6Cl4OS/c13-7-1-3-8(4-2-7)18(17)12-6-10(15)9(14)5-11(12)16/h1-6H. The van der Waals surface area contributed by atoms with Crippen LogP contribution in [0.25, 0.3) is 0 Å². The van der Waals surface area contributed by atoms with Crippen LogP contribution < -0.4 is 0 Å². The quantitative estimate of drug-likeness (QED) is 0.663. The lowest BCUT2D eigenvalue weighted by atomic mass is 10.3. The Labute approximate surface area is 127 Å². The summed E-state index contributed by atoms with van der Waals surface area (Å²) in [5.74, 6) is 0. The summed E-state index contributed by atoms with van der Waals surface area (Å²) < 4.78 is 12.3. The van der Waals surface area contributed by atoms with Gasteiger partial charge < -0.3 is 0 Å². The summed E-state index contributed by atoms with van der Waals surface area (Å²) in [6.07, 6.45) is 0. The van der Waals surface area contributed by atoms with Crippen molar-refractivity contribution < 1.29 is 4.21 Å². The highest BCUT2D eigenvalue weighted by atomic mass is 35.5. The molecule has 0 aliphatic carbocycles. The Morgan fingerprint density at radius 3 is 1.94 bits per heavy atom. The van der Waals surface area contributed by atoms with Crippen molar-refractivity contribution in [3.05, 3.63) is 56.5 Å². The third-order valence-electron chi connectivity index (χ3n) is 2.20. The maximum atomic E-state index is 12.3. The summed E-state index contributed by atoms with van der Waals surface area (Å²) in [7, 11) is -1.42. The van der Waals surface area contributed by atoms with Gasteiger partial charge in [-0.25, -0.2) is 4.21 Å². The van der Waals surface area contributed by atoms with E-state index in [0.29, 0.717) is 29.9 Å². The van der Waals surface area contributed by atoms with Crippen LogP contribution in [0.1, 0.15) is 0 Å². The lowest BCUT2D eigenvalue weighted by Crippen LogP contribution is -1.94. The molecule has 0 aliphatic heterocycles. The minimum Gasteiger partial charge on any atom is -0.249 e.